The summed E-state index contributed by atoms with van der Waals surface area (Å²) in [5.74, 6) is 0.885. The van der Waals surface area contributed by atoms with E-state index >= 15 is 0 Å². The van der Waals surface area contributed by atoms with Crippen LogP contribution < -0.4 is 10.1 Å². The van der Waals surface area contributed by atoms with Crippen LogP contribution in [0, 0.1) is 0 Å². The molecule has 0 fully saturated rings. The lowest BCUT2D eigenvalue weighted by Crippen LogP contribution is -2.05. The zero-order valence-electron chi connectivity index (χ0n) is 10.4. The average Bonchev–Trinajstić information content (AvgIpc) is 2.84. The summed E-state index contributed by atoms with van der Waals surface area (Å²) >= 11 is 12.0. The van der Waals surface area contributed by atoms with Crippen molar-refractivity contribution >= 4 is 28.9 Å². The van der Waals surface area contributed by atoms with Crippen molar-refractivity contribution in [2.24, 2.45) is 0 Å². The number of methoxy groups -OCH3 is 1. The van der Waals surface area contributed by atoms with Gasteiger partial charge in [0.05, 0.1) is 23.2 Å². The normalized spacial score (nSPS) is 16.9. The zero-order chi connectivity index (χ0) is 13.4. The fourth-order valence-corrected chi connectivity index (χ4v) is 2.70. The smallest absolute Gasteiger partial charge is 0.119 e. The van der Waals surface area contributed by atoms with Crippen LogP contribution in [0.25, 0.3) is 0 Å². The van der Waals surface area contributed by atoms with Gasteiger partial charge in [-0.2, -0.15) is 0 Å². The molecule has 0 aliphatic carbocycles. The Bertz CT molecular complexity index is 628. The number of halogens is 2. The van der Waals surface area contributed by atoms with Crippen molar-refractivity contribution in [2.75, 3.05) is 12.4 Å². The number of nitrogens with one attached hydrogen (secondary N) is 1. The second kappa shape index (κ2) is 4.95. The molecule has 2 aromatic rings. The van der Waals surface area contributed by atoms with Crippen molar-refractivity contribution in [3.63, 3.8) is 0 Å². The molecular weight excluding hydrogens is 281 g/mol. The maximum Gasteiger partial charge on any atom is 0.119 e. The number of ether oxygens (including phenoxy) is 1. The summed E-state index contributed by atoms with van der Waals surface area (Å²) in [4.78, 5) is 0. The minimum atomic E-state index is 0.233. The highest BCUT2D eigenvalue weighted by Crippen LogP contribution is 2.37. The zero-order valence-corrected chi connectivity index (χ0v) is 11.9. The van der Waals surface area contributed by atoms with Gasteiger partial charge in [-0.25, -0.2) is 0 Å². The van der Waals surface area contributed by atoms with E-state index in [-0.39, 0.29) is 6.04 Å². The molecule has 1 heterocycles. The molecule has 4 heteroatoms. The van der Waals surface area contributed by atoms with Crippen LogP contribution in [0.15, 0.2) is 36.4 Å². The summed E-state index contributed by atoms with van der Waals surface area (Å²) < 4.78 is 5.25. The fourth-order valence-electron chi connectivity index (χ4n) is 2.40. The van der Waals surface area contributed by atoms with Gasteiger partial charge in [0.15, 0.2) is 0 Å². The van der Waals surface area contributed by atoms with Crippen molar-refractivity contribution in [2.45, 2.75) is 12.5 Å². The first-order chi connectivity index (χ1) is 9.17. The second-order valence-corrected chi connectivity index (χ2v) is 5.41. The third-order valence-electron chi connectivity index (χ3n) is 3.41. The van der Waals surface area contributed by atoms with Gasteiger partial charge in [-0.3, -0.25) is 0 Å². The van der Waals surface area contributed by atoms with Crippen molar-refractivity contribution in [3.05, 3.63) is 57.6 Å². The lowest BCUT2D eigenvalue weighted by molar-refractivity contribution is 0.414. The molecule has 0 aromatic heterocycles. The molecule has 0 spiro atoms. The highest BCUT2D eigenvalue weighted by atomic mass is 35.5. The minimum absolute atomic E-state index is 0.233. The molecule has 0 saturated carbocycles. The Labute approximate surface area is 122 Å². The Balaban J connectivity index is 1.88. The van der Waals surface area contributed by atoms with Crippen LogP contribution in [0.4, 0.5) is 5.69 Å². The molecule has 1 atom stereocenters. The van der Waals surface area contributed by atoms with E-state index < -0.39 is 0 Å². The molecule has 0 saturated heterocycles. The first kappa shape index (κ1) is 12.6. The van der Waals surface area contributed by atoms with Gasteiger partial charge in [-0.15, -0.1) is 0 Å². The van der Waals surface area contributed by atoms with Gasteiger partial charge in [-0.05, 0) is 47.9 Å². The molecule has 0 bridgehead atoms. The lowest BCUT2D eigenvalue weighted by Gasteiger charge is -2.12. The van der Waals surface area contributed by atoms with E-state index in [9.17, 15) is 0 Å². The van der Waals surface area contributed by atoms with Crippen LogP contribution >= 0.6 is 23.2 Å². The van der Waals surface area contributed by atoms with Crippen molar-refractivity contribution in [1.29, 1.82) is 0 Å². The molecule has 1 aliphatic rings. The summed E-state index contributed by atoms with van der Waals surface area (Å²) in [6.07, 6.45) is 0.921. The summed E-state index contributed by atoms with van der Waals surface area (Å²) in [5, 5.41) is 4.67. The lowest BCUT2D eigenvalue weighted by atomic mass is 10.0. The Hall–Kier alpha value is -1.38. The molecule has 0 amide bonds. The SMILES string of the molecule is COc1ccc2c(c1)CC(c1ccc(Cl)c(Cl)c1)N2. The molecule has 2 nitrogen and oxygen atoms in total. The Kier molecular flexibility index (Phi) is 3.29. The van der Waals surface area contributed by atoms with Gasteiger partial charge in [0.2, 0.25) is 0 Å². The van der Waals surface area contributed by atoms with Crippen LogP contribution in [-0.4, -0.2) is 7.11 Å². The van der Waals surface area contributed by atoms with Crippen LogP contribution in [0.2, 0.25) is 10.0 Å². The largest absolute Gasteiger partial charge is 0.497 e. The summed E-state index contributed by atoms with van der Waals surface area (Å²) in [6.45, 7) is 0. The third kappa shape index (κ3) is 2.38. The molecular formula is C15H13Cl2NO. The third-order valence-corrected chi connectivity index (χ3v) is 4.15. The topological polar surface area (TPSA) is 21.3 Å². The van der Waals surface area contributed by atoms with Crippen LogP contribution in [0.1, 0.15) is 17.2 Å². The Morgan fingerprint density at radius 3 is 2.68 bits per heavy atom. The van der Waals surface area contributed by atoms with E-state index in [1.54, 1.807) is 7.11 Å². The number of hydrogen-bond donors (Lipinski definition) is 1. The first-order valence-corrected chi connectivity index (χ1v) is 6.81. The van der Waals surface area contributed by atoms with Crippen molar-refractivity contribution < 1.29 is 4.74 Å². The molecule has 0 radical (unpaired) electrons. The van der Waals surface area contributed by atoms with Gasteiger partial charge in [0.25, 0.3) is 0 Å². The molecule has 98 valence electrons. The maximum atomic E-state index is 6.07. The molecule has 1 N–H and O–H groups in total. The fraction of sp³-hybridized carbons (Fsp3) is 0.200. The van der Waals surface area contributed by atoms with Crippen LogP contribution in [0.5, 0.6) is 5.75 Å². The molecule has 19 heavy (non-hydrogen) atoms. The van der Waals surface area contributed by atoms with E-state index in [4.69, 9.17) is 27.9 Å². The van der Waals surface area contributed by atoms with Gasteiger partial charge in [0.1, 0.15) is 5.75 Å². The number of benzene rings is 2. The molecule has 2 aromatic carbocycles. The van der Waals surface area contributed by atoms with Crippen molar-refractivity contribution in [3.8, 4) is 5.75 Å². The standard InChI is InChI=1S/C15H13Cl2NO/c1-19-11-3-5-14-10(6-11)8-15(18-14)9-2-4-12(16)13(17)7-9/h2-7,15,18H,8H2,1H3. The van der Waals surface area contributed by atoms with E-state index in [0.717, 1.165) is 23.4 Å². The predicted molar refractivity (Wildman–Crippen MR) is 79.5 cm³/mol. The van der Waals surface area contributed by atoms with Gasteiger partial charge < -0.3 is 10.1 Å². The van der Waals surface area contributed by atoms with E-state index in [0.29, 0.717) is 10.0 Å². The second-order valence-electron chi connectivity index (χ2n) is 4.60. The molecule has 1 unspecified atom stereocenters. The molecule has 3 rings (SSSR count). The number of rotatable bonds is 2. The van der Waals surface area contributed by atoms with E-state index in [1.165, 1.54) is 5.56 Å². The van der Waals surface area contributed by atoms with Crippen LogP contribution in [-0.2, 0) is 6.42 Å². The summed E-state index contributed by atoms with van der Waals surface area (Å²) in [5.41, 5.74) is 3.55. The first-order valence-electron chi connectivity index (χ1n) is 6.06. The maximum absolute atomic E-state index is 6.07. The number of hydrogen-bond acceptors (Lipinski definition) is 2. The van der Waals surface area contributed by atoms with Gasteiger partial charge >= 0.3 is 0 Å². The number of fused-ring (bicyclic) bond motifs is 1. The minimum Gasteiger partial charge on any atom is -0.497 e. The molecule has 1 aliphatic heterocycles. The van der Waals surface area contributed by atoms with Gasteiger partial charge in [-0.1, -0.05) is 29.3 Å². The average molecular weight is 294 g/mol. The monoisotopic (exact) mass is 293 g/mol. The highest BCUT2D eigenvalue weighted by molar-refractivity contribution is 6.42. The van der Waals surface area contributed by atoms with E-state index in [1.807, 2.05) is 30.3 Å². The highest BCUT2D eigenvalue weighted by Gasteiger charge is 2.22. The van der Waals surface area contributed by atoms with Gasteiger partial charge in [0, 0.05) is 5.69 Å². The Morgan fingerprint density at radius 1 is 1.11 bits per heavy atom. The number of anilines is 1. The van der Waals surface area contributed by atoms with E-state index in [2.05, 4.69) is 11.4 Å². The quantitative estimate of drug-likeness (QED) is 0.866. The van der Waals surface area contributed by atoms with Crippen LogP contribution in [0.3, 0.4) is 0 Å². The summed E-state index contributed by atoms with van der Waals surface area (Å²) in [6, 6.07) is 12.1. The Morgan fingerprint density at radius 2 is 1.95 bits per heavy atom. The summed E-state index contributed by atoms with van der Waals surface area (Å²) in [7, 11) is 1.68. The predicted octanol–water partition coefficient (Wildman–Crippen LogP) is 4.71. The van der Waals surface area contributed by atoms with Crippen molar-refractivity contribution in [1.82, 2.24) is 0 Å².